The van der Waals surface area contributed by atoms with E-state index >= 15 is 0 Å². The lowest BCUT2D eigenvalue weighted by Crippen LogP contribution is -2.13. The van der Waals surface area contributed by atoms with Crippen molar-refractivity contribution in [1.82, 2.24) is 5.32 Å². The van der Waals surface area contributed by atoms with Crippen molar-refractivity contribution in [1.29, 1.82) is 0 Å². The van der Waals surface area contributed by atoms with Gasteiger partial charge < -0.3 is 5.32 Å². The summed E-state index contributed by atoms with van der Waals surface area (Å²) in [7, 11) is 2.06. The lowest BCUT2D eigenvalue weighted by atomic mass is 9.89. The van der Waals surface area contributed by atoms with Gasteiger partial charge in [0.25, 0.3) is 0 Å². The Kier molecular flexibility index (Phi) is 3.19. The number of rotatable bonds is 5. The maximum absolute atomic E-state index is 3.30. The van der Waals surface area contributed by atoms with Gasteiger partial charge in [-0.3, -0.25) is 0 Å². The van der Waals surface area contributed by atoms with E-state index in [1.54, 1.807) is 16.7 Å². The van der Waals surface area contributed by atoms with Crippen LogP contribution in [0.3, 0.4) is 0 Å². The van der Waals surface area contributed by atoms with E-state index in [1.165, 1.54) is 38.5 Å². The molecule has 0 aromatic heterocycles. The van der Waals surface area contributed by atoms with Crippen molar-refractivity contribution in [2.24, 2.45) is 5.92 Å². The van der Waals surface area contributed by atoms with E-state index in [4.69, 9.17) is 0 Å². The van der Waals surface area contributed by atoms with Gasteiger partial charge in [0.1, 0.15) is 0 Å². The van der Waals surface area contributed by atoms with Gasteiger partial charge in [0.2, 0.25) is 0 Å². The van der Waals surface area contributed by atoms with Gasteiger partial charge in [-0.2, -0.15) is 0 Å². The highest BCUT2D eigenvalue weighted by molar-refractivity contribution is 5.37. The van der Waals surface area contributed by atoms with Crippen LogP contribution < -0.4 is 5.32 Å². The minimum atomic E-state index is 0.813. The maximum Gasteiger partial charge on any atom is -0.00460 e. The summed E-state index contributed by atoms with van der Waals surface area (Å²) in [6.07, 6.45) is 8.19. The topological polar surface area (TPSA) is 12.0 Å². The molecule has 0 aliphatic heterocycles. The number of hydrogen-bond donors (Lipinski definition) is 1. The zero-order valence-corrected chi connectivity index (χ0v) is 10.8. The number of benzene rings is 1. The number of hydrogen-bond acceptors (Lipinski definition) is 1. The SMILES string of the molecule is CNCCC(c1ccc2c(c1)CCC2)C1CC1. The fraction of sp³-hybridized carbons (Fsp3) is 0.625. The molecule has 1 aromatic carbocycles. The Hall–Kier alpha value is -0.820. The zero-order chi connectivity index (χ0) is 11.7. The van der Waals surface area contributed by atoms with Crippen molar-refractivity contribution in [3.63, 3.8) is 0 Å². The smallest absolute Gasteiger partial charge is 0.00460 e. The molecule has 0 spiro atoms. The second kappa shape index (κ2) is 4.81. The van der Waals surface area contributed by atoms with Gasteiger partial charge in [0.15, 0.2) is 0 Å². The van der Waals surface area contributed by atoms with E-state index < -0.39 is 0 Å². The average molecular weight is 229 g/mol. The molecule has 1 unspecified atom stereocenters. The third kappa shape index (κ3) is 2.40. The van der Waals surface area contributed by atoms with Crippen LogP contribution in [0.15, 0.2) is 18.2 Å². The quantitative estimate of drug-likeness (QED) is 0.817. The molecule has 3 rings (SSSR count). The Morgan fingerprint density at radius 3 is 2.82 bits per heavy atom. The van der Waals surface area contributed by atoms with Crippen LogP contribution in [-0.2, 0) is 12.8 Å². The van der Waals surface area contributed by atoms with E-state index in [0.717, 1.165) is 18.4 Å². The number of fused-ring (bicyclic) bond motifs is 1. The Labute approximate surface area is 105 Å². The molecule has 1 aromatic rings. The molecule has 1 nitrogen and oxygen atoms in total. The maximum atomic E-state index is 3.30. The molecular formula is C16H23N. The van der Waals surface area contributed by atoms with Crippen LogP contribution in [-0.4, -0.2) is 13.6 Å². The normalized spacial score (nSPS) is 20.3. The molecule has 2 aliphatic rings. The van der Waals surface area contributed by atoms with Crippen molar-refractivity contribution in [3.8, 4) is 0 Å². The van der Waals surface area contributed by atoms with E-state index in [1.807, 2.05) is 0 Å². The molecule has 0 amide bonds. The first kappa shape index (κ1) is 11.3. The summed E-state index contributed by atoms with van der Waals surface area (Å²) in [5.74, 6) is 1.79. The summed E-state index contributed by atoms with van der Waals surface area (Å²) < 4.78 is 0. The Bertz CT molecular complexity index is 393. The lowest BCUT2D eigenvalue weighted by Gasteiger charge is -2.17. The second-order valence-electron chi connectivity index (χ2n) is 5.72. The van der Waals surface area contributed by atoms with Gasteiger partial charge in [0, 0.05) is 0 Å². The minimum absolute atomic E-state index is 0.813. The molecule has 1 fully saturated rings. The standard InChI is InChI=1S/C16H23N/c1-17-10-9-16(13-6-7-13)15-8-5-12-3-2-4-14(12)11-15/h5,8,11,13,16-17H,2-4,6-7,9-10H2,1H3. The Balaban J connectivity index is 1.80. The molecule has 0 saturated heterocycles. The number of nitrogens with one attached hydrogen (secondary N) is 1. The van der Waals surface area contributed by atoms with E-state index in [9.17, 15) is 0 Å². The van der Waals surface area contributed by atoms with Crippen LogP contribution in [0, 0.1) is 5.92 Å². The monoisotopic (exact) mass is 229 g/mol. The predicted octanol–water partition coefficient (Wildman–Crippen LogP) is 3.28. The first-order valence-electron chi connectivity index (χ1n) is 7.15. The summed E-state index contributed by atoms with van der Waals surface area (Å²) in [5.41, 5.74) is 4.86. The molecule has 92 valence electrons. The number of aryl methyl sites for hydroxylation is 2. The zero-order valence-electron chi connectivity index (χ0n) is 10.8. The molecule has 1 N–H and O–H groups in total. The molecule has 2 aliphatic carbocycles. The van der Waals surface area contributed by atoms with Gasteiger partial charge >= 0.3 is 0 Å². The average Bonchev–Trinajstić information content (AvgIpc) is 3.07. The first-order valence-corrected chi connectivity index (χ1v) is 7.15. The predicted molar refractivity (Wildman–Crippen MR) is 72.5 cm³/mol. The van der Waals surface area contributed by atoms with Crippen LogP contribution in [0.25, 0.3) is 0 Å². The fourth-order valence-electron chi connectivity index (χ4n) is 3.30. The van der Waals surface area contributed by atoms with Gasteiger partial charge in [-0.05, 0) is 80.6 Å². The van der Waals surface area contributed by atoms with Crippen LogP contribution in [0.2, 0.25) is 0 Å². The second-order valence-corrected chi connectivity index (χ2v) is 5.72. The largest absolute Gasteiger partial charge is 0.320 e. The van der Waals surface area contributed by atoms with E-state index in [0.29, 0.717) is 0 Å². The van der Waals surface area contributed by atoms with Gasteiger partial charge in [-0.1, -0.05) is 18.2 Å². The molecule has 0 heterocycles. The van der Waals surface area contributed by atoms with E-state index in [2.05, 4.69) is 30.6 Å². The highest BCUT2D eigenvalue weighted by Gasteiger charge is 2.32. The molecular weight excluding hydrogens is 206 g/mol. The summed E-state index contributed by atoms with van der Waals surface area (Å²) in [5, 5.41) is 3.30. The van der Waals surface area contributed by atoms with Gasteiger partial charge in [-0.15, -0.1) is 0 Å². The first-order chi connectivity index (χ1) is 8.38. The van der Waals surface area contributed by atoms with E-state index in [-0.39, 0.29) is 0 Å². The van der Waals surface area contributed by atoms with Crippen LogP contribution in [0.4, 0.5) is 0 Å². The van der Waals surface area contributed by atoms with Crippen molar-refractivity contribution in [2.45, 2.75) is 44.4 Å². The molecule has 1 saturated carbocycles. The molecule has 0 radical (unpaired) electrons. The van der Waals surface area contributed by atoms with Crippen LogP contribution in [0.1, 0.15) is 48.3 Å². The van der Waals surface area contributed by atoms with Crippen LogP contribution in [0.5, 0.6) is 0 Å². The van der Waals surface area contributed by atoms with Crippen molar-refractivity contribution in [3.05, 3.63) is 34.9 Å². The Morgan fingerprint density at radius 2 is 2.06 bits per heavy atom. The summed E-state index contributed by atoms with van der Waals surface area (Å²) in [6, 6.07) is 7.32. The lowest BCUT2D eigenvalue weighted by molar-refractivity contribution is 0.540. The molecule has 17 heavy (non-hydrogen) atoms. The van der Waals surface area contributed by atoms with Gasteiger partial charge in [0.05, 0.1) is 0 Å². The van der Waals surface area contributed by atoms with Crippen molar-refractivity contribution in [2.75, 3.05) is 13.6 Å². The minimum Gasteiger partial charge on any atom is -0.320 e. The molecule has 1 heteroatoms. The summed E-state index contributed by atoms with van der Waals surface area (Å²) in [4.78, 5) is 0. The highest BCUT2D eigenvalue weighted by Crippen LogP contribution is 2.45. The third-order valence-corrected chi connectivity index (χ3v) is 4.45. The molecule has 0 bridgehead atoms. The third-order valence-electron chi connectivity index (χ3n) is 4.45. The fourth-order valence-corrected chi connectivity index (χ4v) is 3.30. The van der Waals surface area contributed by atoms with Crippen LogP contribution >= 0.6 is 0 Å². The van der Waals surface area contributed by atoms with Crippen molar-refractivity contribution < 1.29 is 0 Å². The van der Waals surface area contributed by atoms with Crippen molar-refractivity contribution >= 4 is 0 Å². The highest BCUT2D eigenvalue weighted by atomic mass is 14.8. The summed E-state index contributed by atoms with van der Waals surface area (Å²) >= 11 is 0. The van der Waals surface area contributed by atoms with Gasteiger partial charge in [-0.25, -0.2) is 0 Å². The summed E-state index contributed by atoms with van der Waals surface area (Å²) in [6.45, 7) is 1.15. The molecule has 1 atom stereocenters. The Morgan fingerprint density at radius 1 is 1.24 bits per heavy atom.